The van der Waals surface area contributed by atoms with E-state index in [-0.39, 0.29) is 11.1 Å². The third-order valence-corrected chi connectivity index (χ3v) is 4.33. The molecule has 0 fully saturated rings. The van der Waals surface area contributed by atoms with E-state index < -0.39 is 11.7 Å². The molecule has 0 unspecified atom stereocenters. The van der Waals surface area contributed by atoms with E-state index in [2.05, 4.69) is 25.2 Å². The second-order valence-electron chi connectivity index (χ2n) is 6.93. The van der Waals surface area contributed by atoms with Crippen LogP contribution in [0.3, 0.4) is 0 Å². The fourth-order valence-corrected chi connectivity index (χ4v) is 3.38. The number of alkyl halides is 3. The van der Waals surface area contributed by atoms with Gasteiger partial charge in [0.15, 0.2) is 0 Å². The zero-order chi connectivity index (χ0) is 17.7. The summed E-state index contributed by atoms with van der Waals surface area (Å²) in [7, 11) is 0. The molecule has 1 N–H and O–H groups in total. The Balaban J connectivity index is 2.21. The molecule has 4 heteroatoms. The lowest BCUT2D eigenvalue weighted by atomic mass is 9.86. The number of benzene rings is 2. The quantitative estimate of drug-likeness (QED) is 0.647. The van der Waals surface area contributed by atoms with Crippen molar-refractivity contribution in [1.29, 1.82) is 0 Å². The van der Waals surface area contributed by atoms with Crippen LogP contribution in [0, 0.1) is 6.92 Å². The molecule has 0 spiro atoms. The molecule has 0 saturated carbocycles. The summed E-state index contributed by atoms with van der Waals surface area (Å²) in [6, 6.07) is 9.40. The van der Waals surface area contributed by atoms with Crippen LogP contribution < -0.4 is 5.32 Å². The van der Waals surface area contributed by atoms with Gasteiger partial charge in [0.2, 0.25) is 0 Å². The number of hydrogen-bond acceptors (Lipinski definition) is 1. The lowest BCUT2D eigenvalue weighted by Crippen LogP contribution is -2.32. The Bertz CT molecular complexity index is 829. The van der Waals surface area contributed by atoms with Crippen LogP contribution in [0.2, 0.25) is 0 Å². The van der Waals surface area contributed by atoms with Gasteiger partial charge in [-0.05, 0) is 68.2 Å². The summed E-state index contributed by atoms with van der Waals surface area (Å²) in [5.41, 5.74) is 4.00. The van der Waals surface area contributed by atoms with Crippen molar-refractivity contribution >= 4 is 11.3 Å². The zero-order valence-corrected chi connectivity index (χ0v) is 14.2. The highest BCUT2D eigenvalue weighted by Gasteiger charge is 2.33. The van der Waals surface area contributed by atoms with Gasteiger partial charge >= 0.3 is 6.18 Å². The Morgan fingerprint density at radius 1 is 0.958 bits per heavy atom. The Labute approximate surface area is 140 Å². The summed E-state index contributed by atoms with van der Waals surface area (Å²) < 4.78 is 40.0. The summed E-state index contributed by atoms with van der Waals surface area (Å²) in [6.07, 6.45) is -2.26. The van der Waals surface area contributed by atoms with E-state index in [0.29, 0.717) is 5.56 Å². The summed E-state index contributed by atoms with van der Waals surface area (Å²) in [5.74, 6) is 0. The smallest absolute Gasteiger partial charge is 0.376 e. The normalized spacial score (nSPS) is 16.2. The lowest BCUT2D eigenvalue weighted by Gasteiger charge is -2.33. The third kappa shape index (κ3) is 2.93. The number of nitrogens with one attached hydrogen (secondary N) is 1. The fourth-order valence-electron chi connectivity index (χ4n) is 3.38. The Kier molecular flexibility index (Phi) is 3.74. The molecule has 0 bridgehead atoms. The number of aryl methyl sites for hydroxylation is 1. The number of allylic oxidation sites excluding steroid dienone is 1. The summed E-state index contributed by atoms with van der Waals surface area (Å²) >= 11 is 0. The zero-order valence-electron chi connectivity index (χ0n) is 14.2. The van der Waals surface area contributed by atoms with Gasteiger partial charge in [-0.2, -0.15) is 13.2 Å². The third-order valence-electron chi connectivity index (χ3n) is 4.33. The molecule has 24 heavy (non-hydrogen) atoms. The van der Waals surface area contributed by atoms with Gasteiger partial charge in [-0.25, -0.2) is 0 Å². The maximum atomic E-state index is 13.3. The summed E-state index contributed by atoms with van der Waals surface area (Å²) in [4.78, 5) is 0. The van der Waals surface area contributed by atoms with Crippen molar-refractivity contribution in [2.75, 3.05) is 5.32 Å². The molecule has 3 rings (SSSR count). The number of rotatable bonds is 1. The molecular formula is C20H20F3N. The Hall–Kier alpha value is -2.23. The maximum Gasteiger partial charge on any atom is 0.417 e. The van der Waals surface area contributed by atoms with Crippen molar-refractivity contribution in [2.45, 2.75) is 39.4 Å². The van der Waals surface area contributed by atoms with Crippen molar-refractivity contribution in [3.8, 4) is 11.1 Å². The van der Waals surface area contributed by atoms with Crippen molar-refractivity contribution in [2.24, 2.45) is 0 Å². The molecule has 0 aliphatic carbocycles. The lowest BCUT2D eigenvalue weighted by molar-refractivity contribution is -0.137. The minimum Gasteiger partial charge on any atom is -0.376 e. The first-order valence-corrected chi connectivity index (χ1v) is 7.88. The van der Waals surface area contributed by atoms with E-state index in [1.54, 1.807) is 6.07 Å². The first kappa shape index (κ1) is 16.6. The molecule has 0 aromatic heterocycles. The van der Waals surface area contributed by atoms with Crippen LogP contribution in [-0.4, -0.2) is 5.54 Å². The van der Waals surface area contributed by atoms with Gasteiger partial charge in [-0.1, -0.05) is 24.3 Å². The monoisotopic (exact) mass is 331 g/mol. The molecule has 0 radical (unpaired) electrons. The van der Waals surface area contributed by atoms with Crippen molar-refractivity contribution < 1.29 is 13.2 Å². The average Bonchev–Trinajstić information content (AvgIpc) is 2.46. The van der Waals surface area contributed by atoms with E-state index in [1.807, 2.05) is 26.0 Å². The van der Waals surface area contributed by atoms with Gasteiger partial charge < -0.3 is 5.32 Å². The first-order valence-electron chi connectivity index (χ1n) is 7.88. The molecule has 0 atom stereocenters. The summed E-state index contributed by atoms with van der Waals surface area (Å²) in [5, 5.41) is 3.46. The van der Waals surface area contributed by atoms with Crippen molar-refractivity contribution in [1.82, 2.24) is 0 Å². The molecular weight excluding hydrogens is 311 g/mol. The van der Waals surface area contributed by atoms with E-state index >= 15 is 0 Å². The first-order chi connectivity index (χ1) is 11.1. The van der Waals surface area contributed by atoms with Gasteiger partial charge in [-0.3, -0.25) is 0 Å². The molecule has 126 valence electrons. The van der Waals surface area contributed by atoms with Crippen LogP contribution in [-0.2, 0) is 6.18 Å². The van der Waals surface area contributed by atoms with E-state index in [1.165, 1.54) is 12.1 Å². The maximum absolute atomic E-state index is 13.3. The fraction of sp³-hybridized carbons (Fsp3) is 0.300. The van der Waals surface area contributed by atoms with Gasteiger partial charge in [0.05, 0.1) is 11.1 Å². The molecule has 2 aromatic carbocycles. The predicted octanol–water partition coefficient (Wildman–Crippen LogP) is 6.29. The number of halogens is 3. The van der Waals surface area contributed by atoms with E-state index in [9.17, 15) is 13.2 Å². The van der Waals surface area contributed by atoms with Crippen LogP contribution in [0.5, 0.6) is 0 Å². The standard InChI is InChI=1S/C20H20F3N/c1-12-9-14(15-7-5-6-8-17(15)20(21,22)23)10-16-13(2)11-19(3,4)24-18(12)16/h5-11,24H,1-4H3. The van der Waals surface area contributed by atoms with Gasteiger partial charge in [-0.15, -0.1) is 0 Å². The Morgan fingerprint density at radius 2 is 1.62 bits per heavy atom. The number of fused-ring (bicyclic) bond motifs is 1. The van der Waals surface area contributed by atoms with Crippen LogP contribution >= 0.6 is 0 Å². The second kappa shape index (κ2) is 5.40. The number of anilines is 1. The highest BCUT2D eigenvalue weighted by atomic mass is 19.4. The van der Waals surface area contributed by atoms with E-state index in [4.69, 9.17) is 0 Å². The van der Waals surface area contributed by atoms with Gasteiger partial charge in [0.1, 0.15) is 0 Å². The van der Waals surface area contributed by atoms with Crippen LogP contribution in [0.4, 0.5) is 18.9 Å². The molecule has 0 amide bonds. The van der Waals surface area contributed by atoms with Crippen LogP contribution in [0.25, 0.3) is 16.7 Å². The average molecular weight is 331 g/mol. The summed E-state index contributed by atoms with van der Waals surface area (Å²) in [6.45, 7) is 8.08. The minimum absolute atomic E-state index is 0.173. The van der Waals surface area contributed by atoms with Gasteiger partial charge in [0.25, 0.3) is 0 Å². The second-order valence-corrected chi connectivity index (χ2v) is 6.93. The van der Waals surface area contributed by atoms with E-state index in [0.717, 1.165) is 28.5 Å². The highest BCUT2D eigenvalue weighted by molar-refractivity contribution is 5.86. The molecule has 0 saturated heterocycles. The highest BCUT2D eigenvalue weighted by Crippen LogP contribution is 2.42. The predicted molar refractivity (Wildman–Crippen MR) is 93.0 cm³/mol. The largest absolute Gasteiger partial charge is 0.417 e. The molecule has 1 heterocycles. The minimum atomic E-state index is -4.37. The SMILES string of the molecule is CC1=CC(C)(C)Nc2c(C)cc(-c3ccccc3C(F)(F)F)cc21. The molecule has 1 nitrogen and oxygen atoms in total. The molecule has 2 aromatic rings. The Morgan fingerprint density at radius 3 is 2.29 bits per heavy atom. The molecule has 1 aliphatic rings. The molecule has 1 aliphatic heterocycles. The van der Waals surface area contributed by atoms with Crippen molar-refractivity contribution in [3.05, 3.63) is 59.2 Å². The number of hydrogen-bond donors (Lipinski definition) is 1. The topological polar surface area (TPSA) is 12.0 Å². The van der Waals surface area contributed by atoms with Crippen LogP contribution in [0.1, 0.15) is 37.5 Å². The van der Waals surface area contributed by atoms with Crippen molar-refractivity contribution in [3.63, 3.8) is 0 Å². The van der Waals surface area contributed by atoms with Crippen LogP contribution in [0.15, 0.2) is 42.5 Å². The van der Waals surface area contributed by atoms with Gasteiger partial charge in [0, 0.05) is 11.3 Å².